The van der Waals surface area contributed by atoms with E-state index in [4.69, 9.17) is 32.7 Å². The minimum Gasteiger partial charge on any atom is -0.497 e. The van der Waals surface area contributed by atoms with Crippen LogP contribution in [0.25, 0.3) is 0 Å². The predicted octanol–water partition coefficient (Wildman–Crippen LogP) is 4.89. The predicted molar refractivity (Wildman–Crippen MR) is 125 cm³/mol. The summed E-state index contributed by atoms with van der Waals surface area (Å²) < 4.78 is 36.1. The maximum Gasteiger partial charge on any atom is 0.243 e. The molecule has 10 heteroatoms. The molecule has 0 spiro atoms. The number of nitrogens with one attached hydrogen (secondary N) is 2. The number of carbonyl (C=O) groups excluding carboxylic acids is 1. The molecule has 0 fully saturated rings. The fraction of sp³-hybridized carbons (Fsp3) is 0.136. The normalized spacial score (nSPS) is 11.0. The maximum atomic E-state index is 12.8. The summed E-state index contributed by atoms with van der Waals surface area (Å²) in [4.78, 5) is 12.4. The minimum absolute atomic E-state index is 0.00139. The summed E-state index contributed by atoms with van der Waals surface area (Å²) in [6.45, 7) is -0.143. The minimum atomic E-state index is -3.84. The largest absolute Gasteiger partial charge is 0.497 e. The molecule has 0 bridgehead atoms. The Labute approximate surface area is 196 Å². The fourth-order valence-corrected chi connectivity index (χ4v) is 4.99. The molecule has 168 valence electrons. The first-order valence-electron chi connectivity index (χ1n) is 9.31. The van der Waals surface area contributed by atoms with Gasteiger partial charge in [0, 0.05) is 6.07 Å². The Hall–Kier alpha value is -2.94. The number of methoxy groups -OCH3 is 2. The van der Waals surface area contributed by atoms with Gasteiger partial charge in [-0.3, -0.25) is 4.79 Å². The number of rotatable bonds is 8. The molecule has 0 atom stereocenters. The Balaban J connectivity index is 1.74. The van der Waals surface area contributed by atoms with E-state index in [0.29, 0.717) is 22.9 Å². The number of hydrogen-bond acceptors (Lipinski definition) is 6. The molecule has 0 radical (unpaired) electrons. The molecule has 0 aliphatic rings. The van der Waals surface area contributed by atoms with Crippen LogP contribution in [0.15, 0.2) is 70.5 Å². The van der Waals surface area contributed by atoms with E-state index in [2.05, 4.69) is 10.6 Å². The molecule has 32 heavy (non-hydrogen) atoms. The topological polar surface area (TPSA) is 93.7 Å². The first-order valence-corrected chi connectivity index (χ1v) is 11.6. The van der Waals surface area contributed by atoms with Crippen molar-refractivity contribution in [2.24, 2.45) is 0 Å². The van der Waals surface area contributed by atoms with Crippen molar-refractivity contribution in [1.82, 2.24) is 0 Å². The fourth-order valence-electron chi connectivity index (χ4n) is 2.87. The third kappa shape index (κ3) is 5.09. The number of anilines is 2. The molecule has 3 rings (SSSR count). The Kier molecular flexibility index (Phi) is 7.50. The second-order valence-electron chi connectivity index (χ2n) is 6.52. The molecular weight excluding hydrogens is 475 g/mol. The van der Waals surface area contributed by atoms with Gasteiger partial charge in [0.05, 0.1) is 52.0 Å². The van der Waals surface area contributed by atoms with E-state index in [1.54, 1.807) is 36.4 Å². The zero-order chi connectivity index (χ0) is 23.3. The highest BCUT2D eigenvalue weighted by Crippen LogP contribution is 2.37. The summed E-state index contributed by atoms with van der Waals surface area (Å²) in [5.41, 5.74) is 0.786. The first-order chi connectivity index (χ1) is 15.3. The van der Waals surface area contributed by atoms with E-state index in [0.717, 1.165) is 0 Å². The van der Waals surface area contributed by atoms with Crippen LogP contribution in [0.3, 0.4) is 0 Å². The summed E-state index contributed by atoms with van der Waals surface area (Å²) in [5, 5.41) is 5.46. The number of hydrogen-bond donors (Lipinski definition) is 2. The van der Waals surface area contributed by atoms with Gasteiger partial charge in [-0.25, -0.2) is 8.42 Å². The van der Waals surface area contributed by atoms with Gasteiger partial charge < -0.3 is 20.1 Å². The van der Waals surface area contributed by atoms with Crippen LogP contribution < -0.4 is 20.1 Å². The number of carbonyl (C=O) groups is 1. The molecule has 1 amide bonds. The summed E-state index contributed by atoms with van der Waals surface area (Å²) in [6, 6.07) is 15.7. The first kappa shape index (κ1) is 23.7. The zero-order valence-electron chi connectivity index (χ0n) is 17.2. The monoisotopic (exact) mass is 494 g/mol. The summed E-state index contributed by atoms with van der Waals surface area (Å²) in [7, 11) is -0.830. The van der Waals surface area contributed by atoms with Gasteiger partial charge >= 0.3 is 0 Å². The molecule has 0 unspecified atom stereocenters. The lowest BCUT2D eigenvalue weighted by Crippen LogP contribution is -2.22. The van der Waals surface area contributed by atoms with Gasteiger partial charge in [-0.15, -0.1) is 0 Å². The van der Waals surface area contributed by atoms with Crippen LogP contribution >= 0.6 is 23.2 Å². The average molecular weight is 495 g/mol. The lowest BCUT2D eigenvalue weighted by Gasteiger charge is -2.14. The molecule has 0 heterocycles. The third-order valence-electron chi connectivity index (χ3n) is 4.51. The van der Waals surface area contributed by atoms with Gasteiger partial charge in [0.2, 0.25) is 15.7 Å². The molecule has 0 aliphatic heterocycles. The van der Waals surface area contributed by atoms with Gasteiger partial charge in [-0.05, 0) is 36.4 Å². The van der Waals surface area contributed by atoms with Crippen LogP contribution in [0.4, 0.5) is 11.4 Å². The van der Waals surface area contributed by atoms with Crippen molar-refractivity contribution in [2.75, 3.05) is 31.4 Å². The summed E-state index contributed by atoms with van der Waals surface area (Å²) in [5.74, 6) is 0.654. The number of benzene rings is 3. The quantitative estimate of drug-likeness (QED) is 0.462. The van der Waals surface area contributed by atoms with Crippen molar-refractivity contribution in [3.8, 4) is 11.5 Å². The van der Waals surface area contributed by atoms with E-state index in [1.165, 1.54) is 38.5 Å². The molecule has 3 aromatic carbocycles. The van der Waals surface area contributed by atoms with Crippen molar-refractivity contribution in [3.63, 3.8) is 0 Å². The van der Waals surface area contributed by atoms with E-state index in [1.807, 2.05) is 0 Å². The molecule has 0 saturated carbocycles. The number of ether oxygens (including phenoxy) is 2. The maximum absolute atomic E-state index is 12.8. The van der Waals surface area contributed by atoms with E-state index >= 15 is 0 Å². The number of sulfone groups is 1. The second kappa shape index (κ2) is 10.1. The third-order valence-corrected chi connectivity index (χ3v) is 7.32. The van der Waals surface area contributed by atoms with E-state index in [-0.39, 0.29) is 32.3 Å². The molecule has 0 aliphatic carbocycles. The standard InChI is InChI=1S/C22H20Cl2N2O5S/c1-30-14-8-9-16(18(12-14)31-2)26-20(27)13-25-17-10-11-19(22(24)21(17)23)32(28,29)15-6-4-3-5-7-15/h3-12,25H,13H2,1-2H3,(H,26,27). The van der Waals surface area contributed by atoms with Crippen molar-refractivity contribution in [2.45, 2.75) is 9.79 Å². The van der Waals surface area contributed by atoms with Crippen LogP contribution in [0.2, 0.25) is 10.0 Å². The van der Waals surface area contributed by atoms with E-state index < -0.39 is 9.84 Å². The zero-order valence-corrected chi connectivity index (χ0v) is 19.5. The molecule has 0 saturated heterocycles. The lowest BCUT2D eigenvalue weighted by molar-refractivity contribution is -0.114. The summed E-state index contributed by atoms with van der Waals surface area (Å²) >= 11 is 12.6. The Morgan fingerprint density at radius 3 is 2.25 bits per heavy atom. The molecule has 2 N–H and O–H groups in total. The highest BCUT2D eigenvalue weighted by molar-refractivity contribution is 7.91. The van der Waals surface area contributed by atoms with Gasteiger partial charge in [-0.1, -0.05) is 41.4 Å². The molecule has 7 nitrogen and oxygen atoms in total. The van der Waals surface area contributed by atoms with Crippen LogP contribution in [-0.4, -0.2) is 35.1 Å². The Morgan fingerprint density at radius 1 is 0.906 bits per heavy atom. The van der Waals surface area contributed by atoms with Gasteiger partial charge in [0.1, 0.15) is 11.5 Å². The van der Waals surface area contributed by atoms with Crippen molar-refractivity contribution in [1.29, 1.82) is 0 Å². The molecular formula is C22H20Cl2N2O5S. The van der Waals surface area contributed by atoms with E-state index in [9.17, 15) is 13.2 Å². The highest BCUT2D eigenvalue weighted by atomic mass is 35.5. The smallest absolute Gasteiger partial charge is 0.243 e. The van der Waals surface area contributed by atoms with Crippen molar-refractivity contribution in [3.05, 3.63) is 70.7 Å². The van der Waals surface area contributed by atoms with Crippen LogP contribution in [0.1, 0.15) is 0 Å². The molecule has 0 aromatic heterocycles. The van der Waals surface area contributed by atoms with Crippen LogP contribution in [0, 0.1) is 0 Å². The van der Waals surface area contributed by atoms with Crippen LogP contribution in [-0.2, 0) is 14.6 Å². The SMILES string of the molecule is COc1ccc(NC(=O)CNc2ccc(S(=O)(=O)c3ccccc3)c(Cl)c2Cl)c(OC)c1. The average Bonchev–Trinajstić information content (AvgIpc) is 2.80. The van der Waals surface area contributed by atoms with Crippen molar-refractivity contribution < 1.29 is 22.7 Å². The number of halogens is 2. The summed E-state index contributed by atoms with van der Waals surface area (Å²) in [6.07, 6.45) is 0. The van der Waals surface area contributed by atoms with Crippen molar-refractivity contribution >= 4 is 50.3 Å². The molecule has 3 aromatic rings. The number of amides is 1. The lowest BCUT2D eigenvalue weighted by atomic mass is 10.2. The van der Waals surface area contributed by atoms with Gasteiger partial charge in [0.15, 0.2) is 0 Å². The van der Waals surface area contributed by atoms with Crippen LogP contribution in [0.5, 0.6) is 11.5 Å². The van der Waals surface area contributed by atoms with Gasteiger partial charge in [0.25, 0.3) is 0 Å². The Morgan fingerprint density at radius 2 is 1.59 bits per heavy atom. The second-order valence-corrected chi connectivity index (χ2v) is 9.20. The Bertz CT molecular complexity index is 1230. The highest BCUT2D eigenvalue weighted by Gasteiger charge is 2.23. The van der Waals surface area contributed by atoms with Gasteiger partial charge in [-0.2, -0.15) is 0 Å².